The Morgan fingerprint density at radius 2 is 2.21 bits per heavy atom. The molecular weight excluding hydrogens is 242 g/mol. The van der Waals surface area contributed by atoms with Crippen molar-refractivity contribution >= 4 is 5.97 Å². The third-order valence-corrected chi connectivity index (χ3v) is 3.60. The number of rotatable bonds is 5. The normalized spacial score (nSPS) is 19.6. The van der Waals surface area contributed by atoms with E-state index in [4.69, 9.17) is 4.74 Å². The van der Waals surface area contributed by atoms with Crippen molar-refractivity contribution in [1.29, 1.82) is 0 Å². The van der Waals surface area contributed by atoms with Gasteiger partial charge in [0.05, 0.1) is 6.61 Å². The number of aliphatic carboxylic acids is 1. The number of hydrogen-bond donors (Lipinski definition) is 2. The Kier molecular flexibility index (Phi) is 4.43. The SMILES string of the molecule is CC(C)C(NCC1CCOc2ccccc21)C(=O)O. The van der Waals surface area contributed by atoms with Crippen molar-refractivity contribution in [2.24, 2.45) is 5.92 Å². The van der Waals surface area contributed by atoms with Crippen LogP contribution in [0.1, 0.15) is 31.7 Å². The van der Waals surface area contributed by atoms with Crippen LogP contribution in [0.25, 0.3) is 0 Å². The average molecular weight is 263 g/mol. The van der Waals surface area contributed by atoms with Crippen molar-refractivity contribution in [3.05, 3.63) is 29.8 Å². The van der Waals surface area contributed by atoms with E-state index in [0.717, 1.165) is 12.2 Å². The number of para-hydroxylation sites is 1. The van der Waals surface area contributed by atoms with Crippen LogP contribution in [-0.2, 0) is 4.79 Å². The minimum atomic E-state index is -0.782. The van der Waals surface area contributed by atoms with Gasteiger partial charge < -0.3 is 15.2 Å². The first kappa shape index (κ1) is 13.9. The molecule has 4 heteroatoms. The molecule has 0 saturated heterocycles. The molecule has 0 aromatic heterocycles. The molecule has 104 valence electrons. The van der Waals surface area contributed by atoms with Crippen LogP contribution in [-0.4, -0.2) is 30.3 Å². The van der Waals surface area contributed by atoms with Gasteiger partial charge in [0.2, 0.25) is 0 Å². The molecule has 2 N–H and O–H groups in total. The van der Waals surface area contributed by atoms with E-state index >= 15 is 0 Å². The first-order chi connectivity index (χ1) is 9.09. The summed E-state index contributed by atoms with van der Waals surface area (Å²) >= 11 is 0. The predicted octanol–water partition coefficient (Wildman–Crippen LogP) is 2.25. The van der Waals surface area contributed by atoms with E-state index in [1.165, 1.54) is 5.56 Å². The fraction of sp³-hybridized carbons (Fsp3) is 0.533. The third kappa shape index (κ3) is 3.26. The summed E-state index contributed by atoms with van der Waals surface area (Å²) in [6, 6.07) is 7.50. The molecule has 2 rings (SSSR count). The zero-order valence-corrected chi connectivity index (χ0v) is 11.4. The molecule has 0 spiro atoms. The molecule has 0 aliphatic carbocycles. The zero-order valence-electron chi connectivity index (χ0n) is 11.4. The summed E-state index contributed by atoms with van der Waals surface area (Å²) in [5.41, 5.74) is 1.18. The lowest BCUT2D eigenvalue weighted by atomic mass is 9.92. The third-order valence-electron chi connectivity index (χ3n) is 3.60. The second-order valence-electron chi connectivity index (χ2n) is 5.34. The number of ether oxygens (including phenoxy) is 1. The van der Waals surface area contributed by atoms with Gasteiger partial charge in [-0.15, -0.1) is 0 Å². The fourth-order valence-electron chi connectivity index (χ4n) is 2.51. The van der Waals surface area contributed by atoms with Gasteiger partial charge in [0.15, 0.2) is 0 Å². The van der Waals surface area contributed by atoms with E-state index in [1.807, 2.05) is 32.0 Å². The maximum atomic E-state index is 11.2. The number of carboxylic acid groups (broad SMARTS) is 1. The number of benzene rings is 1. The van der Waals surface area contributed by atoms with Crippen molar-refractivity contribution in [3.8, 4) is 5.75 Å². The van der Waals surface area contributed by atoms with Gasteiger partial charge in [-0.05, 0) is 24.0 Å². The smallest absolute Gasteiger partial charge is 0.320 e. The van der Waals surface area contributed by atoms with Gasteiger partial charge in [0, 0.05) is 12.5 Å². The fourth-order valence-corrected chi connectivity index (χ4v) is 2.51. The Morgan fingerprint density at radius 1 is 1.47 bits per heavy atom. The highest BCUT2D eigenvalue weighted by Crippen LogP contribution is 2.32. The van der Waals surface area contributed by atoms with E-state index in [1.54, 1.807) is 0 Å². The number of hydrogen-bond acceptors (Lipinski definition) is 3. The molecule has 0 fully saturated rings. The van der Waals surface area contributed by atoms with Crippen molar-refractivity contribution in [3.63, 3.8) is 0 Å². The largest absolute Gasteiger partial charge is 0.493 e. The predicted molar refractivity (Wildman–Crippen MR) is 73.6 cm³/mol. The van der Waals surface area contributed by atoms with Crippen LogP contribution >= 0.6 is 0 Å². The maximum absolute atomic E-state index is 11.2. The average Bonchev–Trinajstić information content (AvgIpc) is 2.38. The standard InChI is InChI=1S/C15H21NO3/c1-10(2)14(15(17)18)16-9-11-7-8-19-13-6-4-3-5-12(11)13/h3-6,10-11,14,16H,7-9H2,1-2H3,(H,17,18). The highest BCUT2D eigenvalue weighted by Gasteiger charge is 2.25. The molecule has 0 radical (unpaired) electrons. The number of carboxylic acids is 1. The molecule has 1 aliphatic rings. The lowest BCUT2D eigenvalue weighted by Crippen LogP contribution is -2.43. The highest BCUT2D eigenvalue weighted by molar-refractivity contribution is 5.73. The van der Waals surface area contributed by atoms with Crippen LogP contribution in [0.3, 0.4) is 0 Å². The van der Waals surface area contributed by atoms with Gasteiger partial charge in [-0.1, -0.05) is 32.0 Å². The maximum Gasteiger partial charge on any atom is 0.320 e. The zero-order chi connectivity index (χ0) is 13.8. The van der Waals surface area contributed by atoms with E-state index < -0.39 is 12.0 Å². The van der Waals surface area contributed by atoms with Crippen molar-refractivity contribution in [2.75, 3.05) is 13.2 Å². The van der Waals surface area contributed by atoms with Gasteiger partial charge in [0.25, 0.3) is 0 Å². The molecule has 1 heterocycles. The van der Waals surface area contributed by atoms with E-state index in [-0.39, 0.29) is 5.92 Å². The van der Waals surface area contributed by atoms with Crippen molar-refractivity contribution < 1.29 is 14.6 Å². The van der Waals surface area contributed by atoms with E-state index in [0.29, 0.717) is 19.1 Å². The number of carbonyl (C=O) groups is 1. The van der Waals surface area contributed by atoms with Gasteiger partial charge in [0.1, 0.15) is 11.8 Å². The van der Waals surface area contributed by atoms with Crippen LogP contribution in [0.4, 0.5) is 0 Å². The molecule has 1 aliphatic heterocycles. The molecule has 0 amide bonds. The Morgan fingerprint density at radius 3 is 2.89 bits per heavy atom. The summed E-state index contributed by atoms with van der Waals surface area (Å²) in [6.45, 7) is 5.21. The monoisotopic (exact) mass is 263 g/mol. The topological polar surface area (TPSA) is 58.6 Å². The summed E-state index contributed by atoms with van der Waals surface area (Å²) < 4.78 is 5.61. The quantitative estimate of drug-likeness (QED) is 0.855. The molecule has 0 saturated carbocycles. The summed E-state index contributed by atoms with van der Waals surface area (Å²) in [6.07, 6.45) is 0.925. The van der Waals surface area contributed by atoms with Crippen molar-refractivity contribution in [1.82, 2.24) is 5.32 Å². The highest BCUT2D eigenvalue weighted by atomic mass is 16.5. The molecule has 19 heavy (non-hydrogen) atoms. The van der Waals surface area contributed by atoms with Crippen LogP contribution in [0.2, 0.25) is 0 Å². The van der Waals surface area contributed by atoms with Crippen LogP contribution in [0.15, 0.2) is 24.3 Å². The summed E-state index contributed by atoms with van der Waals surface area (Å²) in [5, 5.41) is 12.4. The minimum absolute atomic E-state index is 0.0765. The Labute approximate surface area is 113 Å². The molecule has 2 atom stereocenters. The molecule has 4 nitrogen and oxygen atoms in total. The molecule has 2 unspecified atom stereocenters. The van der Waals surface area contributed by atoms with Gasteiger partial charge in [-0.3, -0.25) is 4.79 Å². The van der Waals surface area contributed by atoms with Crippen LogP contribution in [0, 0.1) is 5.92 Å². The number of nitrogens with one attached hydrogen (secondary N) is 1. The van der Waals surface area contributed by atoms with E-state index in [9.17, 15) is 9.90 Å². The van der Waals surface area contributed by atoms with Crippen LogP contribution in [0.5, 0.6) is 5.75 Å². The van der Waals surface area contributed by atoms with Gasteiger partial charge >= 0.3 is 5.97 Å². The van der Waals surface area contributed by atoms with Gasteiger partial charge in [-0.2, -0.15) is 0 Å². The second kappa shape index (κ2) is 6.06. The minimum Gasteiger partial charge on any atom is -0.493 e. The summed E-state index contributed by atoms with van der Waals surface area (Å²) in [5.74, 6) is 0.547. The molecular formula is C15H21NO3. The molecule has 1 aromatic carbocycles. The Balaban J connectivity index is 2.03. The lowest BCUT2D eigenvalue weighted by Gasteiger charge is -2.28. The first-order valence-electron chi connectivity index (χ1n) is 6.77. The van der Waals surface area contributed by atoms with Gasteiger partial charge in [-0.25, -0.2) is 0 Å². The second-order valence-corrected chi connectivity index (χ2v) is 5.34. The van der Waals surface area contributed by atoms with Crippen molar-refractivity contribution in [2.45, 2.75) is 32.2 Å². The molecule has 0 bridgehead atoms. The first-order valence-corrected chi connectivity index (χ1v) is 6.77. The van der Waals surface area contributed by atoms with E-state index in [2.05, 4.69) is 11.4 Å². The Hall–Kier alpha value is -1.55. The lowest BCUT2D eigenvalue weighted by molar-refractivity contribution is -0.140. The summed E-state index contributed by atoms with van der Waals surface area (Å²) in [7, 11) is 0. The Bertz CT molecular complexity index is 445. The molecule has 1 aromatic rings. The summed E-state index contributed by atoms with van der Waals surface area (Å²) in [4.78, 5) is 11.2. The number of fused-ring (bicyclic) bond motifs is 1. The van der Waals surface area contributed by atoms with Crippen LogP contribution < -0.4 is 10.1 Å².